The molecule has 0 atom stereocenters. The summed E-state index contributed by atoms with van der Waals surface area (Å²) in [5.41, 5.74) is 0. The van der Waals surface area contributed by atoms with Gasteiger partial charge in [0.15, 0.2) is 0 Å². The second-order valence-corrected chi connectivity index (χ2v) is 2.68. The van der Waals surface area contributed by atoms with Gasteiger partial charge in [0.05, 0.1) is 0 Å². The van der Waals surface area contributed by atoms with Crippen molar-refractivity contribution in [3.63, 3.8) is 0 Å². The van der Waals surface area contributed by atoms with Crippen LogP contribution in [0.3, 0.4) is 0 Å². The molecule has 0 bridgehead atoms. The van der Waals surface area contributed by atoms with E-state index in [4.69, 9.17) is 38.5 Å². The van der Waals surface area contributed by atoms with Gasteiger partial charge in [-0.25, -0.2) is 0 Å². The number of hydrogen-bond acceptors (Lipinski definition) is 8. The Kier molecular flexibility index (Phi) is 30.0. The van der Waals surface area contributed by atoms with Crippen LogP contribution in [0, 0.1) is 0 Å². The summed E-state index contributed by atoms with van der Waals surface area (Å²) in [5.74, 6) is 0. The van der Waals surface area contributed by atoms with Gasteiger partial charge in [-0.05, 0) is 0 Å². The van der Waals surface area contributed by atoms with E-state index >= 15 is 0 Å². The Morgan fingerprint density at radius 2 is 0.538 bits per heavy atom. The first kappa shape index (κ1) is 29.8. The van der Waals surface area contributed by atoms with Crippen molar-refractivity contribution in [3.8, 4) is 0 Å². The maximum absolute atomic E-state index is 8.55. The van der Waals surface area contributed by atoms with Crippen molar-refractivity contribution < 1.29 is 121 Å². The van der Waals surface area contributed by atoms with Crippen molar-refractivity contribution in [2.75, 3.05) is 0 Å². The number of phosphoric acid groups is 2. The summed E-state index contributed by atoms with van der Waals surface area (Å²) in [6, 6.07) is 0. The molecule has 0 aliphatic rings. The van der Waals surface area contributed by atoms with Gasteiger partial charge < -0.3 is 38.5 Å². The zero-order chi connectivity index (χ0) is 9.00. The van der Waals surface area contributed by atoms with Gasteiger partial charge in [0.25, 0.3) is 0 Å². The van der Waals surface area contributed by atoms with Gasteiger partial charge in [0, 0.05) is 0 Å². The van der Waals surface area contributed by atoms with E-state index in [1.807, 2.05) is 0 Å². The maximum Gasteiger partial charge on any atom is 2.00 e. The Labute approximate surface area is 135 Å². The zero-order valence-electron chi connectivity index (χ0n) is 6.28. The van der Waals surface area contributed by atoms with Gasteiger partial charge in [0.2, 0.25) is 0 Å². The summed E-state index contributed by atoms with van der Waals surface area (Å²) >= 11 is 0. The Bertz CT molecular complexity index is 130. The van der Waals surface area contributed by atoms with Gasteiger partial charge in [-0.1, -0.05) is 0 Å². The van der Waals surface area contributed by atoms with Crippen LogP contribution in [0.25, 0.3) is 0 Å². The van der Waals surface area contributed by atoms with Crippen molar-refractivity contribution in [3.05, 3.63) is 0 Å². The molecule has 0 fully saturated rings. The molecule has 0 spiro atoms. The van der Waals surface area contributed by atoms with Crippen molar-refractivity contribution in [2.45, 2.75) is 0 Å². The Morgan fingerprint density at radius 3 is 0.538 bits per heavy atom. The minimum absolute atomic E-state index is 0. The van der Waals surface area contributed by atoms with Gasteiger partial charge in [-0.15, -0.1) is 0 Å². The number of rotatable bonds is 0. The van der Waals surface area contributed by atoms with Crippen LogP contribution in [0.15, 0.2) is 0 Å². The molecule has 13 heavy (non-hydrogen) atoms. The third-order valence-corrected chi connectivity index (χ3v) is 0. The normalized spacial score (nSPS) is 9.08. The Balaban J connectivity index is -0.0000000267. The fraction of sp³-hybridized carbons (Fsp3) is 0. The van der Waals surface area contributed by atoms with E-state index in [1.54, 1.807) is 0 Å². The van der Waals surface area contributed by atoms with E-state index < -0.39 is 15.6 Å². The molecule has 13 heteroatoms. The van der Waals surface area contributed by atoms with Crippen LogP contribution in [0.5, 0.6) is 0 Å². The van der Waals surface area contributed by atoms with E-state index in [2.05, 4.69) is 0 Å². The summed E-state index contributed by atoms with van der Waals surface area (Å²) in [4.78, 5) is 51.3. The standard InChI is InChI=1S/3Hg.2H3O4P/c;;;2*1-5(2,3)4/h;;;2*(H3,1,2,3,4)/q3*+2;;/p-6. The average molecular weight is 792 g/mol. The first-order valence-electron chi connectivity index (χ1n) is 1.46. The van der Waals surface area contributed by atoms with Gasteiger partial charge in [-0.3, -0.25) is 0 Å². The molecule has 8 nitrogen and oxygen atoms in total. The second kappa shape index (κ2) is 13.1. The third kappa shape index (κ3) is 279. The van der Waals surface area contributed by atoms with Crippen molar-refractivity contribution in [1.82, 2.24) is 0 Å². The molecule has 0 saturated carbocycles. The quantitative estimate of drug-likeness (QED) is 0.173. The topological polar surface area (TPSA) is 172 Å². The molecule has 0 heterocycles. The molecule has 0 saturated heterocycles. The van der Waals surface area contributed by atoms with Crippen LogP contribution in [-0.4, -0.2) is 0 Å². The molecule has 0 aromatic heterocycles. The van der Waals surface area contributed by atoms with E-state index in [9.17, 15) is 0 Å². The first-order valence-corrected chi connectivity index (χ1v) is 4.38. The molecule has 0 N–H and O–H groups in total. The van der Waals surface area contributed by atoms with Gasteiger partial charge >= 0.3 is 83.0 Å². The molecule has 0 aliphatic carbocycles. The molecule has 0 radical (unpaired) electrons. The minimum Gasteiger partial charge on any atom is -0.822 e. The van der Waals surface area contributed by atoms with E-state index in [0.29, 0.717) is 0 Å². The average Bonchev–Trinajstić information content (AvgIpc) is 1.12. The van der Waals surface area contributed by atoms with Crippen LogP contribution in [0.1, 0.15) is 0 Å². The predicted octanol–water partition coefficient (Wildman–Crippen LogP) is -5.66. The zero-order valence-corrected chi connectivity index (χ0v) is 24.6. The summed E-state index contributed by atoms with van der Waals surface area (Å²) in [5, 5.41) is 0. The number of hydrogen-bond donors (Lipinski definition) is 0. The second-order valence-electron chi connectivity index (χ2n) is 0.894. The monoisotopic (exact) mass is 796 g/mol. The van der Waals surface area contributed by atoms with Crippen LogP contribution >= 0.6 is 15.6 Å². The Hall–Kier alpha value is 3.03. The smallest absolute Gasteiger partial charge is 0.822 e. The summed E-state index contributed by atoms with van der Waals surface area (Å²) < 4.78 is 17.1. The fourth-order valence-electron chi connectivity index (χ4n) is 0. The first-order chi connectivity index (χ1) is 4.00. The van der Waals surface area contributed by atoms with E-state index in [1.165, 1.54) is 0 Å². The van der Waals surface area contributed by atoms with E-state index in [0.717, 1.165) is 0 Å². The maximum atomic E-state index is 8.55. The summed E-state index contributed by atoms with van der Waals surface area (Å²) in [6.45, 7) is 0. The van der Waals surface area contributed by atoms with Crippen LogP contribution < -0.4 is 29.4 Å². The molecule has 0 aromatic carbocycles. The molecular weight excluding hydrogens is 792 g/mol. The van der Waals surface area contributed by atoms with Crippen LogP contribution in [0.2, 0.25) is 0 Å². The fourth-order valence-corrected chi connectivity index (χ4v) is 0. The summed E-state index contributed by atoms with van der Waals surface area (Å²) in [7, 11) is -10.8. The third-order valence-electron chi connectivity index (χ3n) is 0. The molecule has 0 rings (SSSR count). The molecule has 0 aromatic rings. The SMILES string of the molecule is O=P([O-])([O-])[O-].O=P([O-])([O-])[O-].[Hg+2].[Hg+2].[Hg+2]. The molecular formula is Hg3O8P2. The van der Waals surface area contributed by atoms with Gasteiger partial charge in [-0.2, -0.15) is 15.6 Å². The molecule has 0 amide bonds. The van der Waals surface area contributed by atoms with Crippen molar-refractivity contribution in [2.24, 2.45) is 0 Å². The predicted molar refractivity (Wildman–Crippen MR) is 15.2 cm³/mol. The van der Waals surface area contributed by atoms with Crippen molar-refractivity contribution >= 4 is 15.6 Å². The molecule has 0 aliphatic heterocycles. The largest absolute Gasteiger partial charge is 2.00 e. The Morgan fingerprint density at radius 1 is 0.538 bits per heavy atom. The molecule has 64 valence electrons. The van der Waals surface area contributed by atoms with Gasteiger partial charge in [0.1, 0.15) is 0 Å². The van der Waals surface area contributed by atoms with Crippen LogP contribution in [0.4, 0.5) is 0 Å². The van der Waals surface area contributed by atoms with E-state index in [-0.39, 0.29) is 83.0 Å². The molecule has 0 unspecified atom stereocenters. The minimum atomic E-state index is -5.39. The van der Waals surface area contributed by atoms with Crippen LogP contribution in [-0.2, 0) is 92.1 Å². The summed E-state index contributed by atoms with van der Waals surface area (Å²) in [6.07, 6.45) is 0. The van der Waals surface area contributed by atoms with Crippen molar-refractivity contribution in [1.29, 1.82) is 0 Å².